The summed E-state index contributed by atoms with van der Waals surface area (Å²) in [6.45, 7) is 2.92. The molecular formula is C4H9Na2O5P. The van der Waals surface area contributed by atoms with Crippen molar-refractivity contribution in [3.8, 4) is 0 Å². The quantitative estimate of drug-likeness (QED) is 0.279. The fourth-order valence-electron chi connectivity index (χ4n) is 0.209. The van der Waals surface area contributed by atoms with E-state index in [1.165, 1.54) is 6.08 Å². The molecule has 0 aliphatic carbocycles. The first-order chi connectivity index (χ1) is 4.50. The first-order valence-corrected chi connectivity index (χ1v) is 3.90. The van der Waals surface area contributed by atoms with Crippen LogP contribution < -0.4 is 59.1 Å². The van der Waals surface area contributed by atoms with E-state index in [0.29, 0.717) is 0 Å². The Labute approximate surface area is 117 Å². The monoisotopic (exact) mass is 214 g/mol. The Morgan fingerprint density at radius 3 is 2.33 bits per heavy atom. The van der Waals surface area contributed by atoms with Crippen LogP contribution in [0.5, 0.6) is 0 Å². The van der Waals surface area contributed by atoms with Crippen LogP contribution in [0.3, 0.4) is 0 Å². The van der Waals surface area contributed by atoms with Crippen LogP contribution in [-0.4, -0.2) is 22.3 Å². The molecule has 1 atom stereocenters. The van der Waals surface area contributed by atoms with Gasteiger partial charge in [0.1, 0.15) is 0 Å². The molecule has 0 aromatic heterocycles. The van der Waals surface area contributed by atoms with Crippen molar-refractivity contribution in [3.63, 3.8) is 0 Å². The normalized spacial score (nSPS) is 13.1. The van der Waals surface area contributed by atoms with Gasteiger partial charge in [-0.3, -0.25) is 4.52 Å². The van der Waals surface area contributed by atoms with Gasteiger partial charge in [-0.1, -0.05) is 6.08 Å². The average Bonchev–Trinajstić information content (AvgIpc) is 1.84. The van der Waals surface area contributed by atoms with Gasteiger partial charge in [-0.15, -0.1) is 6.58 Å². The van der Waals surface area contributed by atoms with Crippen molar-refractivity contribution in [2.24, 2.45) is 0 Å². The van der Waals surface area contributed by atoms with Crippen LogP contribution in [0.2, 0.25) is 0 Å². The van der Waals surface area contributed by atoms with E-state index in [1.54, 1.807) is 0 Å². The number of rotatable bonds is 4. The number of carboxylic acid groups (broad SMARTS) is 1. The third kappa shape index (κ3) is 7.98. The molecule has 0 aromatic rings. The second kappa shape index (κ2) is 8.94. The second-order valence-corrected chi connectivity index (χ2v) is 3.07. The molecule has 0 aliphatic rings. The molecule has 0 aliphatic heterocycles. The molecule has 0 saturated heterocycles. The fraction of sp³-hybridized carbons (Fsp3) is 0.250. The minimum absolute atomic E-state index is 0. The molecule has 0 rings (SSSR count). The van der Waals surface area contributed by atoms with E-state index in [2.05, 4.69) is 11.1 Å². The summed E-state index contributed by atoms with van der Waals surface area (Å²) in [6.07, 6.45) is 1.19. The Morgan fingerprint density at radius 1 is 1.67 bits per heavy atom. The molecule has 8 heteroatoms. The molecule has 0 radical (unpaired) electrons. The molecule has 2 N–H and O–H groups in total. The summed E-state index contributed by atoms with van der Waals surface area (Å²) in [4.78, 5) is 18.3. The summed E-state index contributed by atoms with van der Waals surface area (Å²) in [5, 5.41) is 8.00. The summed E-state index contributed by atoms with van der Waals surface area (Å²) in [7, 11) is -4.44. The van der Waals surface area contributed by atoms with Gasteiger partial charge in [0.25, 0.3) is 0 Å². The molecule has 62 valence electrons. The second-order valence-electron chi connectivity index (χ2n) is 1.39. The van der Waals surface area contributed by atoms with Crippen molar-refractivity contribution in [3.05, 3.63) is 12.7 Å². The maximum atomic E-state index is 10.4. The van der Waals surface area contributed by atoms with E-state index >= 15 is 0 Å². The van der Waals surface area contributed by atoms with Crippen molar-refractivity contribution in [1.82, 2.24) is 0 Å². The maximum Gasteiger partial charge on any atom is 1.00 e. The maximum absolute atomic E-state index is 10.4. The topological polar surface area (TPSA) is 83.8 Å². The Bertz CT molecular complexity index is 202. The minimum Gasteiger partial charge on any atom is -1.00 e. The molecule has 5 nitrogen and oxygen atoms in total. The summed E-state index contributed by atoms with van der Waals surface area (Å²) >= 11 is 0. The van der Waals surface area contributed by atoms with Crippen molar-refractivity contribution in [2.45, 2.75) is 0 Å². The minimum atomic E-state index is -4.44. The van der Waals surface area contributed by atoms with Gasteiger partial charge in [-0.2, -0.15) is 0 Å². The van der Waals surface area contributed by atoms with Crippen molar-refractivity contribution in [2.75, 3.05) is 6.61 Å². The summed E-state index contributed by atoms with van der Waals surface area (Å²) < 4.78 is 14.4. The van der Waals surface area contributed by atoms with E-state index < -0.39 is 13.3 Å². The van der Waals surface area contributed by atoms with Gasteiger partial charge >= 0.3 is 72.4 Å². The summed E-state index contributed by atoms with van der Waals surface area (Å²) in [5.41, 5.74) is -1.85. The van der Waals surface area contributed by atoms with Gasteiger partial charge in [0.15, 0.2) is 0 Å². The van der Waals surface area contributed by atoms with Gasteiger partial charge in [0, 0.05) is 0 Å². The molecule has 0 spiro atoms. The molecule has 0 aromatic carbocycles. The van der Waals surface area contributed by atoms with E-state index in [9.17, 15) is 9.36 Å². The van der Waals surface area contributed by atoms with Crippen molar-refractivity contribution < 1.29 is 85.9 Å². The zero-order valence-corrected chi connectivity index (χ0v) is 12.0. The Hall–Kier alpha value is 1.36. The molecule has 12 heavy (non-hydrogen) atoms. The number of hydrogen-bond donors (Lipinski definition) is 2. The Kier molecular flexibility index (Phi) is 14.2. The zero-order valence-electron chi connectivity index (χ0n) is 9.06. The predicted octanol–water partition coefficient (Wildman–Crippen LogP) is -4.71. The molecule has 1 unspecified atom stereocenters. The van der Waals surface area contributed by atoms with E-state index in [1.807, 2.05) is 0 Å². The molecule has 0 amide bonds. The van der Waals surface area contributed by atoms with Gasteiger partial charge in [0.05, 0.1) is 6.61 Å². The van der Waals surface area contributed by atoms with Gasteiger partial charge in [-0.05, 0) is 0 Å². The number of hydrogen-bond acceptors (Lipinski definition) is 3. The summed E-state index contributed by atoms with van der Waals surface area (Å²) in [5.74, 6) is 0. The predicted molar refractivity (Wildman–Crippen MR) is 36.2 cm³/mol. The Morgan fingerprint density at radius 2 is 2.08 bits per heavy atom. The average molecular weight is 214 g/mol. The molecule has 0 saturated carbocycles. The third-order valence-corrected chi connectivity index (χ3v) is 1.59. The largest absolute Gasteiger partial charge is 1.00 e. The van der Waals surface area contributed by atoms with Crippen LogP contribution in [0.1, 0.15) is 2.85 Å². The van der Waals surface area contributed by atoms with E-state index in [0.717, 1.165) is 0 Å². The first-order valence-electron chi connectivity index (χ1n) is 2.32. The van der Waals surface area contributed by atoms with Gasteiger partial charge < -0.3 is 12.9 Å². The number of carbonyl (C=O) groups is 1. The molecule has 0 bridgehead atoms. The van der Waals surface area contributed by atoms with Crippen LogP contribution in [0.15, 0.2) is 12.7 Å². The SMILES string of the molecule is C=CCOP(=O)(O)C(=O)O.[H-].[H-].[Na+].[Na+]. The summed E-state index contributed by atoms with van der Waals surface area (Å²) in [6, 6.07) is 0. The van der Waals surface area contributed by atoms with Crippen molar-refractivity contribution in [1.29, 1.82) is 0 Å². The van der Waals surface area contributed by atoms with Crippen LogP contribution >= 0.6 is 7.60 Å². The first kappa shape index (κ1) is 19.0. The van der Waals surface area contributed by atoms with Crippen molar-refractivity contribution >= 4 is 13.3 Å². The Balaban J connectivity index is -0.0000000675. The van der Waals surface area contributed by atoms with Crippen LogP contribution in [0.4, 0.5) is 4.79 Å². The van der Waals surface area contributed by atoms with Gasteiger partial charge in [-0.25, -0.2) is 9.36 Å². The smallest absolute Gasteiger partial charge is 1.00 e. The zero-order chi connectivity index (χ0) is 8.20. The van der Waals surface area contributed by atoms with Crippen LogP contribution in [0.25, 0.3) is 0 Å². The van der Waals surface area contributed by atoms with Crippen LogP contribution in [0, 0.1) is 0 Å². The molecule has 0 fully saturated rings. The fourth-order valence-corrected chi connectivity index (χ4v) is 0.627. The van der Waals surface area contributed by atoms with Crippen LogP contribution in [-0.2, 0) is 9.09 Å². The van der Waals surface area contributed by atoms with E-state index in [4.69, 9.17) is 10.00 Å². The van der Waals surface area contributed by atoms with E-state index in [-0.39, 0.29) is 68.6 Å². The standard InChI is InChI=1S/C4H7O5P.2Na.2H/c1-2-3-9-10(7,8)4(5)6;;;;/h2H,1,3H2,(H,5,6)(H,7,8);;;;/q;2*+1;2*-1. The molecule has 0 heterocycles. The third-order valence-electron chi connectivity index (χ3n) is 0.609. The molecular weight excluding hydrogens is 205 g/mol. The van der Waals surface area contributed by atoms with Gasteiger partial charge in [0.2, 0.25) is 0 Å².